The van der Waals surface area contributed by atoms with Gasteiger partial charge >= 0.3 is 12.0 Å². The highest BCUT2D eigenvalue weighted by Gasteiger charge is 2.52. The Kier molecular flexibility index (Phi) is 3.02. The van der Waals surface area contributed by atoms with E-state index in [1.54, 1.807) is 9.80 Å². The lowest BCUT2D eigenvalue weighted by Gasteiger charge is -2.19. The highest BCUT2D eigenvalue weighted by Crippen LogP contribution is 2.39. The molecule has 1 heterocycles. The molecule has 0 spiro atoms. The number of urea groups is 1. The lowest BCUT2D eigenvalue weighted by atomic mass is 10.0. The van der Waals surface area contributed by atoms with Crippen LogP contribution in [0.2, 0.25) is 0 Å². The molecule has 0 radical (unpaired) electrons. The molecule has 1 saturated carbocycles. The third kappa shape index (κ3) is 2.23. The van der Waals surface area contributed by atoms with Crippen LogP contribution in [0.5, 0.6) is 0 Å². The fraction of sp³-hybridized carbons (Fsp3) is 0.833. The summed E-state index contributed by atoms with van der Waals surface area (Å²) in [5, 5.41) is 8.90. The number of rotatable bonds is 4. The number of carbonyl (C=O) groups is 2. The minimum atomic E-state index is -0.780. The zero-order valence-corrected chi connectivity index (χ0v) is 10.6. The van der Waals surface area contributed by atoms with Gasteiger partial charge in [-0.1, -0.05) is 13.8 Å². The van der Waals surface area contributed by atoms with E-state index < -0.39 is 5.97 Å². The molecule has 2 fully saturated rings. The van der Waals surface area contributed by atoms with Gasteiger partial charge in [-0.05, 0) is 18.8 Å². The Morgan fingerprint density at radius 2 is 2.18 bits per heavy atom. The van der Waals surface area contributed by atoms with E-state index in [9.17, 15) is 9.59 Å². The molecule has 96 valence electrons. The maximum atomic E-state index is 12.0. The largest absolute Gasteiger partial charge is 0.481 e. The highest BCUT2D eigenvalue weighted by molar-refractivity contribution is 5.81. The van der Waals surface area contributed by atoms with E-state index in [0.29, 0.717) is 18.9 Å². The van der Waals surface area contributed by atoms with Gasteiger partial charge in [0, 0.05) is 19.6 Å². The van der Waals surface area contributed by atoms with Crippen molar-refractivity contribution in [1.82, 2.24) is 9.80 Å². The molecule has 0 aromatic carbocycles. The number of carboxylic acid groups (broad SMARTS) is 1. The van der Waals surface area contributed by atoms with Crippen LogP contribution in [0, 0.1) is 11.8 Å². The normalized spacial score (nSPS) is 32.5. The van der Waals surface area contributed by atoms with Crippen LogP contribution in [-0.2, 0) is 4.79 Å². The van der Waals surface area contributed by atoms with Gasteiger partial charge in [0.15, 0.2) is 0 Å². The number of likely N-dealkylation sites (N-methyl/N-ethyl adjacent to an activating group) is 1. The predicted molar refractivity (Wildman–Crippen MR) is 62.6 cm³/mol. The first-order valence-corrected chi connectivity index (χ1v) is 6.18. The van der Waals surface area contributed by atoms with Crippen molar-refractivity contribution in [2.45, 2.75) is 38.8 Å². The van der Waals surface area contributed by atoms with Gasteiger partial charge in [0.25, 0.3) is 0 Å². The maximum absolute atomic E-state index is 12.0. The molecule has 5 nitrogen and oxygen atoms in total. The molecule has 2 amide bonds. The molecule has 2 aliphatic rings. The zero-order chi connectivity index (χ0) is 12.7. The van der Waals surface area contributed by atoms with Crippen LogP contribution in [0.25, 0.3) is 0 Å². The van der Waals surface area contributed by atoms with Crippen molar-refractivity contribution >= 4 is 12.0 Å². The van der Waals surface area contributed by atoms with E-state index in [1.165, 1.54) is 0 Å². The van der Waals surface area contributed by atoms with Gasteiger partial charge in [0.05, 0.1) is 12.0 Å². The molecule has 17 heavy (non-hydrogen) atoms. The summed E-state index contributed by atoms with van der Waals surface area (Å²) in [4.78, 5) is 26.3. The first-order valence-electron chi connectivity index (χ1n) is 6.18. The summed E-state index contributed by atoms with van der Waals surface area (Å²) in [5.74, 6) is -0.576. The average molecular weight is 240 g/mol. The molecule has 0 aromatic rings. The van der Waals surface area contributed by atoms with E-state index in [4.69, 9.17) is 5.11 Å². The Labute approximate surface area is 101 Å². The fourth-order valence-electron chi connectivity index (χ4n) is 2.63. The lowest BCUT2D eigenvalue weighted by molar-refractivity contribution is -0.138. The Bertz CT molecular complexity index is 343. The third-order valence-corrected chi connectivity index (χ3v) is 3.72. The van der Waals surface area contributed by atoms with E-state index in [-0.39, 0.29) is 24.0 Å². The second kappa shape index (κ2) is 4.20. The standard InChI is InChI=1S/C12H20N2O3/c1-7(2)4-8-6-14(12(17)13(8)3)10-5-9(10)11(15)16/h7-10H,4-6H2,1-3H3,(H,15,16). The molecule has 0 bridgehead atoms. The van der Waals surface area contributed by atoms with Crippen LogP contribution in [-0.4, -0.2) is 52.6 Å². The molecule has 2 rings (SSSR count). The predicted octanol–water partition coefficient (Wildman–Crippen LogP) is 1.24. The Morgan fingerprint density at radius 3 is 2.65 bits per heavy atom. The number of carboxylic acids is 1. The number of nitrogens with zero attached hydrogens (tertiary/aromatic N) is 2. The van der Waals surface area contributed by atoms with Crippen LogP contribution in [0.15, 0.2) is 0 Å². The van der Waals surface area contributed by atoms with Crippen LogP contribution in [0.4, 0.5) is 4.79 Å². The van der Waals surface area contributed by atoms with Gasteiger partial charge in [0.2, 0.25) is 0 Å². The van der Waals surface area contributed by atoms with Crippen molar-refractivity contribution in [3.63, 3.8) is 0 Å². The van der Waals surface area contributed by atoms with E-state index >= 15 is 0 Å². The molecule has 5 heteroatoms. The molecular weight excluding hydrogens is 220 g/mol. The average Bonchev–Trinajstić information content (AvgIpc) is 2.96. The first kappa shape index (κ1) is 12.2. The summed E-state index contributed by atoms with van der Waals surface area (Å²) in [5.41, 5.74) is 0. The summed E-state index contributed by atoms with van der Waals surface area (Å²) in [7, 11) is 1.81. The summed E-state index contributed by atoms with van der Waals surface area (Å²) in [6, 6.07) is 0.154. The van der Waals surface area contributed by atoms with E-state index in [2.05, 4.69) is 13.8 Å². The molecule has 3 unspecified atom stereocenters. The van der Waals surface area contributed by atoms with Crippen molar-refractivity contribution < 1.29 is 14.7 Å². The van der Waals surface area contributed by atoms with Crippen molar-refractivity contribution in [2.24, 2.45) is 11.8 Å². The molecule has 0 aromatic heterocycles. The smallest absolute Gasteiger partial charge is 0.320 e. The van der Waals surface area contributed by atoms with Gasteiger partial charge in [0.1, 0.15) is 0 Å². The summed E-state index contributed by atoms with van der Waals surface area (Å²) < 4.78 is 0. The third-order valence-electron chi connectivity index (χ3n) is 3.72. The SMILES string of the molecule is CC(C)CC1CN(C2CC2C(=O)O)C(=O)N1C. The van der Waals surface area contributed by atoms with Crippen molar-refractivity contribution in [3.05, 3.63) is 0 Å². The second-order valence-electron chi connectivity index (χ2n) is 5.58. The van der Waals surface area contributed by atoms with Crippen LogP contribution in [0.1, 0.15) is 26.7 Å². The summed E-state index contributed by atoms with van der Waals surface area (Å²) in [6.45, 7) is 4.96. The van der Waals surface area contributed by atoms with Gasteiger partial charge in [-0.3, -0.25) is 4.79 Å². The van der Waals surface area contributed by atoms with Gasteiger partial charge in [-0.25, -0.2) is 4.79 Å². The second-order valence-corrected chi connectivity index (χ2v) is 5.58. The minimum Gasteiger partial charge on any atom is -0.481 e. The number of hydrogen-bond acceptors (Lipinski definition) is 2. The van der Waals surface area contributed by atoms with Crippen LogP contribution in [0.3, 0.4) is 0 Å². The van der Waals surface area contributed by atoms with Gasteiger partial charge in [-0.2, -0.15) is 0 Å². The van der Waals surface area contributed by atoms with Gasteiger partial charge in [-0.15, -0.1) is 0 Å². The van der Waals surface area contributed by atoms with E-state index in [1.807, 2.05) is 7.05 Å². The van der Waals surface area contributed by atoms with Crippen LogP contribution >= 0.6 is 0 Å². The number of carbonyl (C=O) groups excluding carboxylic acids is 1. The Morgan fingerprint density at radius 1 is 1.53 bits per heavy atom. The van der Waals surface area contributed by atoms with E-state index in [0.717, 1.165) is 6.42 Å². The maximum Gasteiger partial charge on any atom is 0.320 e. The monoisotopic (exact) mass is 240 g/mol. The van der Waals surface area contributed by atoms with Gasteiger partial charge < -0.3 is 14.9 Å². The topological polar surface area (TPSA) is 60.9 Å². The highest BCUT2D eigenvalue weighted by atomic mass is 16.4. The van der Waals surface area contributed by atoms with Crippen molar-refractivity contribution in [1.29, 1.82) is 0 Å². The molecular formula is C12H20N2O3. The number of aliphatic carboxylic acids is 1. The Hall–Kier alpha value is -1.26. The summed E-state index contributed by atoms with van der Waals surface area (Å²) in [6.07, 6.45) is 1.59. The quantitative estimate of drug-likeness (QED) is 0.804. The molecule has 1 aliphatic carbocycles. The van der Waals surface area contributed by atoms with Crippen molar-refractivity contribution in [3.8, 4) is 0 Å². The molecule has 1 aliphatic heterocycles. The molecule has 1 N–H and O–H groups in total. The molecule has 3 atom stereocenters. The Balaban J connectivity index is 1.98. The number of amides is 2. The van der Waals surface area contributed by atoms with Crippen LogP contribution < -0.4 is 0 Å². The van der Waals surface area contributed by atoms with Crippen molar-refractivity contribution in [2.75, 3.05) is 13.6 Å². The summed E-state index contributed by atoms with van der Waals surface area (Å²) >= 11 is 0. The lowest BCUT2D eigenvalue weighted by Crippen LogP contribution is -2.33. The number of hydrogen-bond donors (Lipinski definition) is 1. The fourth-order valence-corrected chi connectivity index (χ4v) is 2.63. The zero-order valence-electron chi connectivity index (χ0n) is 10.6. The minimum absolute atomic E-state index is 0.00981. The molecule has 1 saturated heterocycles. The first-order chi connectivity index (χ1) is 7.91.